The lowest BCUT2D eigenvalue weighted by Crippen LogP contribution is -2.51. The third-order valence-electron chi connectivity index (χ3n) is 13.6. The molecule has 6 amide bonds. The highest BCUT2D eigenvalue weighted by molar-refractivity contribution is 6.32. The second-order valence-electron chi connectivity index (χ2n) is 21.5. The van der Waals surface area contributed by atoms with Gasteiger partial charge in [0.15, 0.2) is 6.10 Å². The first-order valence-corrected chi connectivity index (χ1v) is 27.2. The lowest BCUT2D eigenvalue weighted by molar-refractivity contribution is -0.179. The highest BCUT2D eigenvalue weighted by Gasteiger charge is 2.48. The monoisotopic (exact) mass is 1120 g/mol. The number of nitrogens with two attached hydrogens (primary N) is 1. The van der Waals surface area contributed by atoms with Gasteiger partial charge in [-0.15, -0.1) is 0 Å². The van der Waals surface area contributed by atoms with Crippen LogP contribution < -0.4 is 42.4 Å². The maximum absolute atomic E-state index is 13.9. The number of carbonyl (C=O) groups excluding carboxylic acids is 8. The molecule has 20 nitrogen and oxygen atoms in total. The predicted octanol–water partition coefficient (Wildman–Crippen LogP) is 6.26. The third-order valence-corrected chi connectivity index (χ3v) is 13.9. The number of methoxy groups -OCH3 is 1. The Balaban J connectivity index is 1.17. The summed E-state index contributed by atoms with van der Waals surface area (Å²) in [5.41, 5.74) is 8.20. The molecule has 2 aliphatic heterocycles. The average Bonchev–Trinajstić information content (AvgIpc) is 4.39. The fourth-order valence-corrected chi connectivity index (χ4v) is 8.79. The molecule has 2 heterocycles. The zero-order chi connectivity index (χ0) is 58.0. The molecule has 430 valence electrons. The number of amides is 6. The van der Waals surface area contributed by atoms with Gasteiger partial charge >= 0.3 is 18.0 Å². The number of nitrogens with one attached hydrogen (secondary N) is 6. The van der Waals surface area contributed by atoms with Crippen molar-refractivity contribution < 1.29 is 62.0 Å². The standard InChI is InChI=1S/C58H78ClN7O13/c1-33(2)27-47-55(72)77-45(14-12-15-48(68)65-44(29-39-20-25-46(75-9)42(59)28-39)52(69)63-32-58(7,8)56(73)78-47)35(5)50-51(79-50)40-21-16-37(17-22-40)30-62-57(74)76-31-38-18-23-41(24-19-38)64-53(70)43(13-10-11-26-61-36(6)67)66-54(71)49(60)34(3)4/h12,15-25,28,33-35,43-45,47,49-51H,10-11,13-14,26-27,29-32,60H2,1-9H3,(H,61,67)(H,62,74)(H,63,69)(H,64,70)(H,65,68)(H,66,71)/b15-12+/t35-,43-,44+,45-,47-,49-,50+,51+/m0/s1. The zero-order valence-electron chi connectivity index (χ0n) is 46.6. The van der Waals surface area contributed by atoms with Crippen LogP contribution in [-0.2, 0) is 72.1 Å². The highest BCUT2D eigenvalue weighted by Crippen LogP contribution is 2.45. The van der Waals surface area contributed by atoms with Crippen molar-refractivity contribution in [3.8, 4) is 5.75 Å². The van der Waals surface area contributed by atoms with E-state index >= 15 is 0 Å². The third kappa shape index (κ3) is 20.0. The molecule has 79 heavy (non-hydrogen) atoms. The van der Waals surface area contributed by atoms with Crippen LogP contribution in [0.4, 0.5) is 10.5 Å². The summed E-state index contributed by atoms with van der Waals surface area (Å²) in [6, 6.07) is 16.6. The van der Waals surface area contributed by atoms with E-state index in [2.05, 4.69) is 31.9 Å². The van der Waals surface area contributed by atoms with Crippen LogP contribution in [0.25, 0.3) is 0 Å². The number of hydrogen-bond donors (Lipinski definition) is 7. The van der Waals surface area contributed by atoms with E-state index in [0.717, 1.165) is 11.1 Å². The molecule has 1 fully saturated rings. The fourth-order valence-electron chi connectivity index (χ4n) is 8.51. The first-order valence-electron chi connectivity index (χ1n) is 26.8. The van der Waals surface area contributed by atoms with Gasteiger partial charge in [0.1, 0.15) is 36.6 Å². The van der Waals surface area contributed by atoms with Crippen LogP contribution in [0.15, 0.2) is 78.9 Å². The Hall–Kier alpha value is -7.03. The lowest BCUT2D eigenvalue weighted by Gasteiger charge is -2.29. The molecule has 0 aromatic heterocycles. The van der Waals surface area contributed by atoms with E-state index in [-0.39, 0.29) is 68.9 Å². The van der Waals surface area contributed by atoms with Crippen LogP contribution in [0, 0.1) is 23.2 Å². The van der Waals surface area contributed by atoms with E-state index in [9.17, 15) is 38.4 Å². The number of carbonyl (C=O) groups is 8. The SMILES string of the molecule is COc1ccc(C[C@H]2NC(=O)/C=C/C[C@@H]([C@H](C)[C@H]3O[C@@H]3c3ccc(CNC(=O)OCc4ccc(NC(=O)[C@H](CCCCNC(C)=O)NC(=O)[C@@H](N)C(C)C)cc4)cc3)OC(=O)[C@H](CC(C)C)OC(=O)C(C)(C)CNC2=O)cc1Cl. The molecular weight excluding hydrogens is 1040 g/mol. The molecule has 0 spiro atoms. The number of esters is 2. The normalized spacial score (nSPS) is 21.2. The Morgan fingerprint density at radius 1 is 0.873 bits per heavy atom. The Labute approximate surface area is 467 Å². The van der Waals surface area contributed by atoms with Gasteiger partial charge in [-0.2, -0.15) is 0 Å². The van der Waals surface area contributed by atoms with Crippen LogP contribution in [0.3, 0.4) is 0 Å². The summed E-state index contributed by atoms with van der Waals surface area (Å²) in [6.07, 6.45) is 1.30. The van der Waals surface area contributed by atoms with Crippen LogP contribution in [0.2, 0.25) is 5.02 Å². The molecular formula is C58H78ClN7O13. The molecule has 8 atom stereocenters. The molecule has 1 saturated heterocycles. The summed E-state index contributed by atoms with van der Waals surface area (Å²) in [4.78, 5) is 105. The van der Waals surface area contributed by atoms with Gasteiger partial charge in [-0.25, -0.2) is 9.59 Å². The number of halogens is 1. The van der Waals surface area contributed by atoms with Gasteiger partial charge in [-0.05, 0) is 104 Å². The van der Waals surface area contributed by atoms with Gasteiger partial charge in [0.25, 0.3) is 0 Å². The summed E-state index contributed by atoms with van der Waals surface area (Å²) in [7, 11) is 1.49. The molecule has 0 saturated carbocycles. The Morgan fingerprint density at radius 3 is 2.20 bits per heavy atom. The van der Waals surface area contributed by atoms with E-state index < -0.39 is 83.3 Å². The van der Waals surface area contributed by atoms with E-state index in [1.165, 1.54) is 20.1 Å². The molecule has 0 unspecified atom stereocenters. The van der Waals surface area contributed by atoms with Gasteiger partial charge in [0.2, 0.25) is 29.5 Å². The molecule has 21 heteroatoms. The molecule has 0 aliphatic carbocycles. The second-order valence-corrected chi connectivity index (χ2v) is 21.9. The van der Waals surface area contributed by atoms with Crippen molar-refractivity contribution in [1.29, 1.82) is 0 Å². The molecule has 3 aromatic carbocycles. The summed E-state index contributed by atoms with van der Waals surface area (Å²) >= 11 is 6.38. The minimum absolute atomic E-state index is 0.0424. The van der Waals surface area contributed by atoms with Crippen LogP contribution in [0.1, 0.15) is 116 Å². The van der Waals surface area contributed by atoms with Crippen LogP contribution in [-0.4, -0.2) is 104 Å². The first kappa shape index (κ1) is 62.8. The highest BCUT2D eigenvalue weighted by atomic mass is 35.5. The summed E-state index contributed by atoms with van der Waals surface area (Å²) < 4.78 is 28.9. The van der Waals surface area contributed by atoms with Gasteiger partial charge in [-0.1, -0.05) is 94.8 Å². The number of unbranched alkanes of at least 4 members (excludes halogenated alkanes) is 1. The quantitative estimate of drug-likeness (QED) is 0.0253. The Bertz CT molecular complexity index is 2630. The van der Waals surface area contributed by atoms with Gasteiger partial charge < -0.3 is 61.3 Å². The molecule has 3 aromatic rings. The Kier molecular flexibility index (Phi) is 23.7. The largest absolute Gasteiger partial charge is 0.495 e. The van der Waals surface area contributed by atoms with Crippen molar-refractivity contribution in [2.45, 2.75) is 150 Å². The smallest absolute Gasteiger partial charge is 0.407 e. The minimum atomic E-state index is -1.27. The first-order chi connectivity index (χ1) is 37.4. The van der Waals surface area contributed by atoms with E-state index in [1.54, 1.807) is 62.4 Å². The number of anilines is 1. The topological polar surface area (TPSA) is 284 Å². The lowest BCUT2D eigenvalue weighted by atomic mass is 9.92. The van der Waals surface area contributed by atoms with E-state index in [0.29, 0.717) is 53.4 Å². The van der Waals surface area contributed by atoms with E-state index in [1.807, 2.05) is 58.9 Å². The van der Waals surface area contributed by atoms with Gasteiger partial charge in [0, 0.05) is 51.0 Å². The van der Waals surface area contributed by atoms with Crippen LogP contribution in [0.5, 0.6) is 5.75 Å². The number of rotatable bonds is 22. The van der Waals surface area contributed by atoms with Crippen molar-refractivity contribution in [3.05, 3.63) is 106 Å². The van der Waals surface area contributed by atoms with Gasteiger partial charge in [-0.3, -0.25) is 28.8 Å². The molecule has 2 aliphatic rings. The molecule has 8 N–H and O–H groups in total. The minimum Gasteiger partial charge on any atom is -0.495 e. The van der Waals surface area contributed by atoms with Gasteiger partial charge in [0.05, 0.1) is 29.7 Å². The average molecular weight is 1120 g/mol. The van der Waals surface area contributed by atoms with Crippen molar-refractivity contribution >= 4 is 64.9 Å². The van der Waals surface area contributed by atoms with Crippen molar-refractivity contribution in [2.24, 2.45) is 28.9 Å². The summed E-state index contributed by atoms with van der Waals surface area (Å²) in [5, 5.41) is 16.9. The second kappa shape index (κ2) is 29.8. The number of ether oxygens (including phenoxy) is 5. The maximum atomic E-state index is 13.9. The predicted molar refractivity (Wildman–Crippen MR) is 296 cm³/mol. The fraction of sp³-hybridized carbons (Fsp3) is 0.517. The zero-order valence-corrected chi connectivity index (χ0v) is 47.4. The van der Waals surface area contributed by atoms with Crippen molar-refractivity contribution in [3.63, 3.8) is 0 Å². The summed E-state index contributed by atoms with van der Waals surface area (Å²) in [5.74, 6) is -3.68. The number of benzene rings is 3. The molecule has 0 radical (unpaired) electrons. The van der Waals surface area contributed by atoms with Crippen molar-refractivity contribution in [2.75, 3.05) is 25.5 Å². The summed E-state index contributed by atoms with van der Waals surface area (Å²) in [6.45, 7) is 14.3. The molecule has 0 bridgehead atoms. The number of alkyl carbamates (subject to hydrolysis) is 1. The van der Waals surface area contributed by atoms with Crippen LogP contribution >= 0.6 is 11.6 Å². The van der Waals surface area contributed by atoms with Crippen molar-refractivity contribution in [1.82, 2.24) is 26.6 Å². The van der Waals surface area contributed by atoms with E-state index in [4.69, 9.17) is 41.0 Å². The maximum Gasteiger partial charge on any atom is 0.407 e. The number of hydrogen-bond acceptors (Lipinski definition) is 14. The number of epoxide rings is 1. The number of cyclic esters (lactones) is 2. The molecule has 5 rings (SSSR count). The Morgan fingerprint density at radius 2 is 1.56 bits per heavy atom.